The number of hydrogen-bond acceptors (Lipinski definition) is 3. The molecule has 4 heterocycles. The summed E-state index contributed by atoms with van der Waals surface area (Å²) in [6.07, 6.45) is 9.97. The van der Waals surface area contributed by atoms with E-state index in [9.17, 15) is 4.79 Å². The van der Waals surface area contributed by atoms with Crippen molar-refractivity contribution in [2.45, 2.75) is 25.8 Å². The summed E-state index contributed by atoms with van der Waals surface area (Å²) < 4.78 is 2.14. The van der Waals surface area contributed by atoms with Crippen LogP contribution in [0.2, 0.25) is 0 Å². The highest BCUT2D eigenvalue weighted by molar-refractivity contribution is 5.97. The third-order valence-electron chi connectivity index (χ3n) is 4.37. The van der Waals surface area contributed by atoms with Gasteiger partial charge in [0.15, 0.2) is 0 Å². The third-order valence-corrected chi connectivity index (χ3v) is 4.37. The van der Waals surface area contributed by atoms with Gasteiger partial charge in [0.2, 0.25) is 5.91 Å². The van der Waals surface area contributed by atoms with Gasteiger partial charge in [-0.1, -0.05) is 0 Å². The van der Waals surface area contributed by atoms with Crippen LogP contribution in [0.25, 0.3) is 0 Å². The average Bonchev–Trinajstić information content (AvgIpc) is 3.12. The van der Waals surface area contributed by atoms with Crippen LogP contribution in [0.3, 0.4) is 0 Å². The van der Waals surface area contributed by atoms with E-state index in [0.29, 0.717) is 0 Å². The Balaban J connectivity index is 1.58. The van der Waals surface area contributed by atoms with E-state index < -0.39 is 0 Å². The summed E-state index contributed by atoms with van der Waals surface area (Å²) in [5.74, 6) is 0.314. The van der Waals surface area contributed by atoms with Gasteiger partial charge in [0.05, 0.1) is 18.2 Å². The van der Waals surface area contributed by atoms with E-state index in [1.54, 1.807) is 6.20 Å². The summed E-state index contributed by atoms with van der Waals surface area (Å²) in [6, 6.07) is 2.01. The minimum atomic E-state index is 0.0744. The smallest absolute Gasteiger partial charge is 0.230 e. The van der Waals surface area contributed by atoms with Crippen LogP contribution in [-0.4, -0.2) is 27.0 Å². The molecule has 20 heavy (non-hydrogen) atoms. The van der Waals surface area contributed by atoms with Gasteiger partial charge in [0.1, 0.15) is 0 Å². The molecule has 5 nitrogen and oxygen atoms in total. The monoisotopic (exact) mass is 268 g/mol. The topological polar surface area (TPSA) is 51.0 Å². The summed E-state index contributed by atoms with van der Waals surface area (Å²) in [5.41, 5.74) is 3.39. The Morgan fingerprint density at radius 3 is 3.15 bits per heavy atom. The highest BCUT2D eigenvalue weighted by Gasteiger charge is 2.32. The Hall–Kier alpha value is -2.17. The number of carbonyl (C=O) groups excluding carboxylic acids is 1. The van der Waals surface area contributed by atoms with Crippen LogP contribution in [0, 0.1) is 5.92 Å². The van der Waals surface area contributed by atoms with Crippen molar-refractivity contribution in [2.24, 2.45) is 5.92 Å². The average molecular weight is 268 g/mol. The molecule has 1 atom stereocenters. The Kier molecular flexibility index (Phi) is 2.58. The first-order chi connectivity index (χ1) is 9.83. The van der Waals surface area contributed by atoms with Crippen LogP contribution in [-0.2, 0) is 24.2 Å². The predicted molar refractivity (Wildman–Crippen MR) is 74.3 cm³/mol. The predicted octanol–water partition coefficient (Wildman–Crippen LogP) is 1.43. The van der Waals surface area contributed by atoms with E-state index in [-0.39, 0.29) is 11.8 Å². The molecule has 5 heteroatoms. The number of pyridine rings is 1. The second-order valence-electron chi connectivity index (χ2n) is 5.51. The maximum Gasteiger partial charge on any atom is 0.230 e. The van der Waals surface area contributed by atoms with Gasteiger partial charge in [-0.3, -0.25) is 9.78 Å². The van der Waals surface area contributed by atoms with Gasteiger partial charge in [-0.25, -0.2) is 4.98 Å². The van der Waals surface area contributed by atoms with E-state index in [0.717, 1.165) is 38.0 Å². The number of fused-ring (bicyclic) bond motifs is 2. The maximum atomic E-state index is 12.8. The lowest BCUT2D eigenvalue weighted by Crippen LogP contribution is -2.38. The largest absolute Gasteiger partial charge is 0.335 e. The van der Waals surface area contributed by atoms with Gasteiger partial charge in [0, 0.05) is 43.5 Å². The van der Waals surface area contributed by atoms with E-state index >= 15 is 0 Å². The minimum absolute atomic E-state index is 0.0744. The first kappa shape index (κ1) is 11.6. The van der Waals surface area contributed by atoms with Gasteiger partial charge in [-0.15, -0.1) is 0 Å². The van der Waals surface area contributed by atoms with Crippen molar-refractivity contribution in [3.8, 4) is 0 Å². The summed E-state index contributed by atoms with van der Waals surface area (Å²) >= 11 is 0. The molecule has 2 aromatic rings. The second-order valence-corrected chi connectivity index (χ2v) is 5.51. The van der Waals surface area contributed by atoms with Crippen molar-refractivity contribution >= 4 is 11.6 Å². The molecular weight excluding hydrogens is 252 g/mol. The number of aryl methyl sites for hydroxylation is 1. The van der Waals surface area contributed by atoms with Crippen LogP contribution in [0.4, 0.5) is 5.69 Å². The molecule has 0 saturated carbocycles. The van der Waals surface area contributed by atoms with Crippen LogP contribution in [0.5, 0.6) is 0 Å². The molecule has 0 aromatic carbocycles. The van der Waals surface area contributed by atoms with Gasteiger partial charge in [0.25, 0.3) is 0 Å². The van der Waals surface area contributed by atoms with Crippen LogP contribution >= 0.6 is 0 Å². The van der Waals surface area contributed by atoms with E-state index in [1.807, 2.05) is 29.7 Å². The van der Waals surface area contributed by atoms with Crippen LogP contribution in [0.15, 0.2) is 31.0 Å². The lowest BCUT2D eigenvalue weighted by atomic mass is 9.95. The first-order valence-electron chi connectivity index (χ1n) is 7.06. The molecule has 0 radical (unpaired) electrons. The Morgan fingerprint density at radius 1 is 1.25 bits per heavy atom. The molecule has 102 valence electrons. The molecule has 1 unspecified atom stereocenters. The number of hydrogen-bond donors (Lipinski definition) is 0. The highest BCUT2D eigenvalue weighted by Crippen LogP contribution is 2.30. The van der Waals surface area contributed by atoms with E-state index in [1.165, 1.54) is 11.3 Å². The van der Waals surface area contributed by atoms with Crippen molar-refractivity contribution in [1.29, 1.82) is 0 Å². The van der Waals surface area contributed by atoms with E-state index in [2.05, 4.69) is 14.5 Å². The fraction of sp³-hybridized carbons (Fsp3) is 0.400. The zero-order valence-electron chi connectivity index (χ0n) is 11.2. The first-order valence-corrected chi connectivity index (χ1v) is 7.06. The zero-order chi connectivity index (χ0) is 13.5. The van der Waals surface area contributed by atoms with E-state index in [4.69, 9.17) is 0 Å². The molecule has 2 aromatic heterocycles. The molecule has 0 N–H and O–H groups in total. The van der Waals surface area contributed by atoms with Crippen molar-refractivity contribution < 1.29 is 4.79 Å². The number of nitrogens with zero attached hydrogens (tertiary/aromatic N) is 4. The quantitative estimate of drug-likeness (QED) is 0.786. The molecule has 4 rings (SSSR count). The number of anilines is 1. The normalized spacial score (nSPS) is 20.6. The zero-order valence-corrected chi connectivity index (χ0v) is 11.2. The van der Waals surface area contributed by atoms with Gasteiger partial charge in [-0.2, -0.15) is 0 Å². The Morgan fingerprint density at radius 2 is 2.20 bits per heavy atom. The number of carbonyl (C=O) groups is 1. The number of aromatic nitrogens is 3. The highest BCUT2D eigenvalue weighted by atomic mass is 16.2. The fourth-order valence-corrected chi connectivity index (χ4v) is 3.25. The number of rotatable bonds is 1. The maximum absolute atomic E-state index is 12.8. The van der Waals surface area contributed by atoms with Crippen LogP contribution in [0.1, 0.15) is 17.7 Å². The lowest BCUT2D eigenvalue weighted by Gasteiger charge is -2.27. The number of imidazole rings is 1. The standard InChI is InChI=1S/C15H16N4O/c20-15(12-2-5-18-10-17-8-13(18)7-12)19-6-3-11-1-4-16-9-14(11)19/h1,4,8-10,12H,2-3,5-7H2. The molecule has 2 aliphatic rings. The molecule has 0 aliphatic carbocycles. The van der Waals surface area contributed by atoms with Crippen molar-refractivity contribution in [1.82, 2.24) is 14.5 Å². The van der Waals surface area contributed by atoms with Crippen molar-refractivity contribution in [2.75, 3.05) is 11.4 Å². The molecule has 0 saturated heterocycles. The summed E-state index contributed by atoms with van der Waals surface area (Å²) in [5, 5.41) is 0. The summed E-state index contributed by atoms with van der Waals surface area (Å²) in [6.45, 7) is 1.68. The summed E-state index contributed by atoms with van der Waals surface area (Å²) in [7, 11) is 0. The molecule has 1 amide bonds. The molecule has 0 fully saturated rings. The second kappa shape index (κ2) is 4.44. The fourth-order valence-electron chi connectivity index (χ4n) is 3.25. The molecule has 0 bridgehead atoms. The van der Waals surface area contributed by atoms with Crippen molar-refractivity contribution in [3.05, 3.63) is 42.2 Å². The molecule has 2 aliphatic heterocycles. The lowest BCUT2D eigenvalue weighted by molar-refractivity contribution is -0.122. The minimum Gasteiger partial charge on any atom is -0.335 e. The van der Waals surface area contributed by atoms with Gasteiger partial charge >= 0.3 is 0 Å². The Bertz CT molecular complexity index is 663. The van der Waals surface area contributed by atoms with Gasteiger partial charge in [-0.05, 0) is 24.5 Å². The molecule has 0 spiro atoms. The van der Waals surface area contributed by atoms with Crippen molar-refractivity contribution in [3.63, 3.8) is 0 Å². The van der Waals surface area contributed by atoms with Crippen LogP contribution < -0.4 is 4.90 Å². The SMILES string of the molecule is O=C(C1CCn2cncc2C1)N1CCc2ccncc21. The Labute approximate surface area is 117 Å². The number of amides is 1. The third kappa shape index (κ3) is 1.73. The summed E-state index contributed by atoms with van der Waals surface area (Å²) in [4.78, 5) is 23.0. The molecular formula is C15H16N4O. The van der Waals surface area contributed by atoms with Gasteiger partial charge < -0.3 is 9.47 Å².